The molecule has 192 valence electrons. The van der Waals surface area contributed by atoms with Gasteiger partial charge in [-0.3, -0.25) is 4.68 Å². The second kappa shape index (κ2) is 9.91. The van der Waals surface area contributed by atoms with E-state index >= 15 is 0 Å². The summed E-state index contributed by atoms with van der Waals surface area (Å²) in [6.07, 6.45) is 13.5. The molecule has 1 saturated carbocycles. The first-order valence-electron chi connectivity index (χ1n) is 14.0. The van der Waals surface area contributed by atoms with Crippen molar-refractivity contribution in [1.29, 1.82) is 0 Å². The summed E-state index contributed by atoms with van der Waals surface area (Å²) in [5, 5.41) is 9.44. The van der Waals surface area contributed by atoms with E-state index in [-0.39, 0.29) is 6.10 Å². The number of ether oxygens (including phenoxy) is 2. The lowest BCUT2D eigenvalue weighted by Gasteiger charge is -2.46. The van der Waals surface area contributed by atoms with Gasteiger partial charge in [-0.15, -0.1) is 0 Å². The van der Waals surface area contributed by atoms with Crippen LogP contribution in [0.15, 0.2) is 18.3 Å². The molecule has 1 spiro atoms. The normalized spacial score (nSPS) is 25.2. The van der Waals surface area contributed by atoms with Crippen molar-refractivity contribution in [2.24, 2.45) is 11.3 Å². The number of hydrogen-bond acceptors (Lipinski definition) is 6. The van der Waals surface area contributed by atoms with Crippen LogP contribution in [0.5, 0.6) is 5.75 Å². The molecule has 6 rings (SSSR count). The predicted molar refractivity (Wildman–Crippen MR) is 140 cm³/mol. The van der Waals surface area contributed by atoms with E-state index in [4.69, 9.17) is 14.6 Å². The van der Waals surface area contributed by atoms with E-state index < -0.39 is 0 Å². The highest BCUT2D eigenvalue weighted by atomic mass is 16.6. The molecule has 4 aliphatic rings. The van der Waals surface area contributed by atoms with Gasteiger partial charge in [0, 0.05) is 44.3 Å². The number of nitrogens with zero attached hydrogens (tertiary/aromatic N) is 4. The maximum atomic E-state index is 6.12. The molecule has 0 atom stereocenters. The highest BCUT2D eigenvalue weighted by Crippen LogP contribution is 2.46. The summed E-state index contributed by atoms with van der Waals surface area (Å²) in [4.78, 5) is 5.25. The minimum absolute atomic E-state index is 0.157. The fourth-order valence-electron chi connectivity index (χ4n) is 6.81. The summed E-state index contributed by atoms with van der Waals surface area (Å²) < 4.78 is 13.6. The van der Waals surface area contributed by atoms with Crippen LogP contribution in [0.2, 0.25) is 0 Å². The van der Waals surface area contributed by atoms with Gasteiger partial charge in [-0.2, -0.15) is 5.10 Å². The van der Waals surface area contributed by atoms with Gasteiger partial charge in [0.05, 0.1) is 30.5 Å². The molecule has 1 N–H and O–H groups in total. The largest absolute Gasteiger partial charge is 0.483 e. The molecular weight excluding hydrogens is 438 g/mol. The monoisotopic (exact) mass is 481 g/mol. The van der Waals surface area contributed by atoms with Crippen LogP contribution in [0.4, 0.5) is 5.69 Å². The third-order valence-electron chi connectivity index (χ3n) is 9.46. The molecule has 4 heterocycles. The van der Waals surface area contributed by atoms with E-state index in [1.54, 1.807) is 0 Å². The van der Waals surface area contributed by atoms with E-state index in [2.05, 4.69) is 45.2 Å². The standard InChI is InChI=1S/C28H43N5O2/c1-29-26-15-22-18-33(30-25(22)16-27(26)35-24-19-34-20-24)23-5-11-32(12-6-23)17-21-3-7-28(8-4-21)9-13-31(2)14-10-28/h15-16,18,21,23-24,29H,3-14,17,19-20H2,1-2H3. The van der Waals surface area contributed by atoms with Gasteiger partial charge in [-0.25, -0.2) is 0 Å². The van der Waals surface area contributed by atoms with Crippen molar-refractivity contribution in [2.45, 2.75) is 63.5 Å². The van der Waals surface area contributed by atoms with E-state index in [1.165, 1.54) is 89.5 Å². The molecule has 1 aromatic heterocycles. The summed E-state index contributed by atoms with van der Waals surface area (Å²) in [6.45, 7) is 7.67. The Morgan fingerprint density at radius 1 is 1.03 bits per heavy atom. The minimum atomic E-state index is 0.157. The molecule has 2 aromatic rings. The predicted octanol–water partition coefficient (Wildman–Crippen LogP) is 4.39. The lowest BCUT2D eigenvalue weighted by atomic mass is 9.65. The topological polar surface area (TPSA) is 54.8 Å². The zero-order valence-electron chi connectivity index (χ0n) is 21.7. The second-order valence-corrected chi connectivity index (χ2v) is 11.8. The number of nitrogens with one attached hydrogen (secondary N) is 1. The Kier molecular flexibility index (Phi) is 6.67. The van der Waals surface area contributed by atoms with E-state index in [0.29, 0.717) is 24.7 Å². The average molecular weight is 482 g/mol. The van der Waals surface area contributed by atoms with Gasteiger partial charge in [0.1, 0.15) is 11.9 Å². The van der Waals surface area contributed by atoms with Crippen LogP contribution in [0, 0.1) is 11.3 Å². The molecule has 3 saturated heterocycles. The van der Waals surface area contributed by atoms with Gasteiger partial charge in [-0.1, -0.05) is 0 Å². The Morgan fingerprint density at radius 2 is 1.77 bits per heavy atom. The molecule has 0 amide bonds. The van der Waals surface area contributed by atoms with Crippen LogP contribution < -0.4 is 10.1 Å². The van der Waals surface area contributed by atoms with Crippen molar-refractivity contribution < 1.29 is 9.47 Å². The van der Waals surface area contributed by atoms with E-state index in [1.807, 2.05) is 7.05 Å². The summed E-state index contributed by atoms with van der Waals surface area (Å²) in [7, 11) is 4.23. The molecular formula is C28H43N5O2. The quantitative estimate of drug-likeness (QED) is 0.660. The molecule has 35 heavy (non-hydrogen) atoms. The number of anilines is 1. The lowest BCUT2D eigenvalue weighted by Crippen LogP contribution is -2.42. The first kappa shape index (κ1) is 23.6. The van der Waals surface area contributed by atoms with Crippen LogP contribution in [0.1, 0.15) is 57.4 Å². The average Bonchev–Trinajstić information content (AvgIpc) is 3.27. The SMILES string of the molecule is CNc1cc2cn(C3CCN(CC4CCC5(CC4)CCN(C)CC5)CC3)nc2cc1OC1COC1. The first-order valence-corrected chi connectivity index (χ1v) is 14.0. The maximum absolute atomic E-state index is 6.12. The van der Waals surface area contributed by atoms with Crippen molar-refractivity contribution in [3.63, 3.8) is 0 Å². The third kappa shape index (κ3) is 5.05. The molecule has 0 unspecified atom stereocenters. The summed E-state index contributed by atoms with van der Waals surface area (Å²) in [6, 6.07) is 4.75. The first-order chi connectivity index (χ1) is 17.1. The number of likely N-dealkylation sites (tertiary alicyclic amines) is 2. The maximum Gasteiger partial charge on any atom is 0.145 e. The summed E-state index contributed by atoms with van der Waals surface area (Å²) in [5.41, 5.74) is 2.72. The van der Waals surface area contributed by atoms with Gasteiger partial charge < -0.3 is 24.6 Å². The number of hydrogen-bond donors (Lipinski definition) is 1. The Balaban J connectivity index is 1.02. The molecule has 0 bridgehead atoms. The van der Waals surface area contributed by atoms with Gasteiger partial charge in [-0.05, 0) is 88.9 Å². The zero-order chi connectivity index (χ0) is 23.8. The van der Waals surface area contributed by atoms with Crippen molar-refractivity contribution in [1.82, 2.24) is 19.6 Å². The van der Waals surface area contributed by atoms with Crippen LogP contribution in [-0.2, 0) is 4.74 Å². The number of fused-ring (bicyclic) bond motifs is 1. The summed E-state index contributed by atoms with van der Waals surface area (Å²) in [5.74, 6) is 1.78. The number of rotatable bonds is 6. The molecule has 7 nitrogen and oxygen atoms in total. The zero-order valence-corrected chi connectivity index (χ0v) is 21.7. The van der Waals surface area contributed by atoms with Crippen LogP contribution in [0.3, 0.4) is 0 Å². The molecule has 1 aromatic carbocycles. The number of aromatic nitrogens is 2. The molecule has 3 aliphatic heterocycles. The lowest BCUT2D eigenvalue weighted by molar-refractivity contribution is -0.0793. The fourth-order valence-corrected chi connectivity index (χ4v) is 6.81. The Bertz CT molecular complexity index is 992. The number of benzene rings is 1. The summed E-state index contributed by atoms with van der Waals surface area (Å²) >= 11 is 0. The second-order valence-electron chi connectivity index (χ2n) is 11.8. The van der Waals surface area contributed by atoms with E-state index in [9.17, 15) is 0 Å². The van der Waals surface area contributed by atoms with Gasteiger partial charge in [0.2, 0.25) is 0 Å². The highest BCUT2D eigenvalue weighted by molar-refractivity contribution is 5.85. The fraction of sp³-hybridized carbons (Fsp3) is 0.750. The van der Waals surface area contributed by atoms with Crippen molar-refractivity contribution >= 4 is 16.6 Å². The Labute approximate surface area is 210 Å². The minimum Gasteiger partial charge on any atom is -0.483 e. The van der Waals surface area contributed by atoms with Gasteiger partial charge >= 0.3 is 0 Å². The van der Waals surface area contributed by atoms with Crippen molar-refractivity contribution in [3.05, 3.63) is 18.3 Å². The van der Waals surface area contributed by atoms with Crippen molar-refractivity contribution in [3.8, 4) is 5.75 Å². The van der Waals surface area contributed by atoms with Crippen LogP contribution in [-0.4, -0.2) is 85.7 Å². The van der Waals surface area contributed by atoms with Crippen LogP contribution >= 0.6 is 0 Å². The molecule has 0 radical (unpaired) electrons. The number of piperidine rings is 2. The highest BCUT2D eigenvalue weighted by Gasteiger charge is 2.38. The Morgan fingerprint density at radius 3 is 2.43 bits per heavy atom. The Hall–Kier alpha value is -1.83. The van der Waals surface area contributed by atoms with Crippen molar-refractivity contribution in [2.75, 3.05) is 65.3 Å². The third-order valence-corrected chi connectivity index (χ3v) is 9.46. The molecule has 7 heteroatoms. The van der Waals surface area contributed by atoms with E-state index in [0.717, 1.165) is 22.9 Å². The van der Waals surface area contributed by atoms with Gasteiger partial charge in [0.15, 0.2) is 0 Å². The van der Waals surface area contributed by atoms with Crippen LogP contribution in [0.25, 0.3) is 10.9 Å². The molecule has 4 fully saturated rings. The smallest absolute Gasteiger partial charge is 0.145 e. The van der Waals surface area contributed by atoms with Gasteiger partial charge in [0.25, 0.3) is 0 Å². The molecule has 1 aliphatic carbocycles.